The third-order valence-electron chi connectivity index (χ3n) is 4.88. The van der Waals surface area contributed by atoms with Crippen LogP contribution in [0.15, 0.2) is 66.7 Å². The standard InChI is InChI=1S/C22H20N2O4S/c1-29(27,28)23-20-14-18(8-10-21(20)25)24-12-11-17-13-16(7-9-19(17)22(24)26)15-5-3-2-4-6-15/h2-10,13-14,23,25H,11-12H2,1H3. The van der Waals surface area contributed by atoms with Gasteiger partial charge in [0.25, 0.3) is 5.91 Å². The van der Waals surface area contributed by atoms with Crippen molar-refractivity contribution >= 4 is 27.3 Å². The van der Waals surface area contributed by atoms with Gasteiger partial charge in [-0.05, 0) is 47.4 Å². The molecule has 6 nitrogen and oxygen atoms in total. The Morgan fingerprint density at radius 3 is 2.45 bits per heavy atom. The lowest BCUT2D eigenvalue weighted by Gasteiger charge is -2.29. The summed E-state index contributed by atoms with van der Waals surface area (Å²) in [5, 5.41) is 9.93. The van der Waals surface area contributed by atoms with E-state index in [2.05, 4.69) is 4.72 Å². The SMILES string of the molecule is CS(=O)(=O)Nc1cc(N2CCc3cc(-c4ccccc4)ccc3C2=O)ccc1O. The van der Waals surface area contributed by atoms with Crippen LogP contribution < -0.4 is 9.62 Å². The number of benzene rings is 3. The first-order valence-corrected chi connectivity index (χ1v) is 11.0. The molecule has 1 heterocycles. The van der Waals surface area contributed by atoms with Crippen molar-refractivity contribution in [1.82, 2.24) is 0 Å². The molecule has 3 aromatic carbocycles. The van der Waals surface area contributed by atoms with Gasteiger partial charge >= 0.3 is 0 Å². The predicted molar refractivity (Wildman–Crippen MR) is 114 cm³/mol. The second-order valence-electron chi connectivity index (χ2n) is 7.02. The zero-order chi connectivity index (χ0) is 20.6. The third kappa shape index (κ3) is 3.95. The molecule has 1 amide bonds. The van der Waals surface area contributed by atoms with Crippen LogP contribution in [0.4, 0.5) is 11.4 Å². The summed E-state index contributed by atoms with van der Waals surface area (Å²) in [5.41, 5.74) is 4.34. The fraction of sp³-hybridized carbons (Fsp3) is 0.136. The second kappa shape index (κ2) is 7.25. The minimum absolute atomic E-state index is 0.0445. The Morgan fingerprint density at radius 1 is 0.966 bits per heavy atom. The largest absolute Gasteiger partial charge is 0.506 e. The lowest BCUT2D eigenvalue weighted by atomic mass is 9.94. The van der Waals surface area contributed by atoms with Crippen LogP contribution in [0.3, 0.4) is 0 Å². The zero-order valence-electron chi connectivity index (χ0n) is 15.8. The molecule has 0 saturated heterocycles. The van der Waals surface area contributed by atoms with Crippen molar-refractivity contribution in [1.29, 1.82) is 0 Å². The van der Waals surface area contributed by atoms with E-state index in [1.807, 2.05) is 48.5 Å². The van der Waals surface area contributed by atoms with Gasteiger partial charge in [0, 0.05) is 17.8 Å². The smallest absolute Gasteiger partial charge is 0.258 e. The summed E-state index contributed by atoms with van der Waals surface area (Å²) in [6.07, 6.45) is 1.68. The van der Waals surface area contributed by atoms with Gasteiger partial charge in [0.05, 0.1) is 11.9 Å². The molecule has 3 aromatic rings. The first-order valence-electron chi connectivity index (χ1n) is 9.13. The molecule has 4 rings (SSSR count). The van der Waals surface area contributed by atoms with Crippen LogP contribution >= 0.6 is 0 Å². The topological polar surface area (TPSA) is 86.7 Å². The number of amides is 1. The van der Waals surface area contributed by atoms with Gasteiger partial charge in [0.15, 0.2) is 0 Å². The molecule has 1 aliphatic heterocycles. The molecule has 0 saturated carbocycles. The maximum absolute atomic E-state index is 13.1. The molecule has 0 unspecified atom stereocenters. The fourth-order valence-corrected chi connectivity index (χ4v) is 4.08. The van der Waals surface area contributed by atoms with Gasteiger partial charge in [-0.1, -0.05) is 42.5 Å². The van der Waals surface area contributed by atoms with Crippen LogP contribution in [0.1, 0.15) is 15.9 Å². The number of carbonyl (C=O) groups is 1. The van der Waals surface area contributed by atoms with E-state index in [9.17, 15) is 18.3 Å². The summed E-state index contributed by atoms with van der Waals surface area (Å²) in [6, 6.07) is 20.3. The molecule has 0 radical (unpaired) electrons. The molecule has 2 N–H and O–H groups in total. The van der Waals surface area contributed by atoms with E-state index in [0.29, 0.717) is 24.2 Å². The molecule has 29 heavy (non-hydrogen) atoms. The fourth-order valence-electron chi connectivity index (χ4n) is 3.52. The first kappa shape index (κ1) is 19.0. The van der Waals surface area contributed by atoms with Crippen LogP contribution in [0.5, 0.6) is 5.75 Å². The molecular weight excluding hydrogens is 388 g/mol. The number of phenols is 1. The average molecular weight is 408 g/mol. The maximum atomic E-state index is 13.1. The third-order valence-corrected chi connectivity index (χ3v) is 5.47. The number of aromatic hydroxyl groups is 1. The van der Waals surface area contributed by atoms with Gasteiger partial charge in [0.2, 0.25) is 10.0 Å². The molecule has 0 spiro atoms. The molecule has 148 valence electrons. The number of hydrogen-bond donors (Lipinski definition) is 2. The van der Waals surface area contributed by atoms with Crippen LogP contribution in [-0.4, -0.2) is 32.2 Å². The number of fused-ring (bicyclic) bond motifs is 1. The second-order valence-corrected chi connectivity index (χ2v) is 8.77. The first-order chi connectivity index (χ1) is 13.8. The Morgan fingerprint density at radius 2 is 1.72 bits per heavy atom. The number of nitrogens with zero attached hydrogens (tertiary/aromatic N) is 1. The molecule has 0 fully saturated rings. The predicted octanol–water partition coefficient (Wildman–Crippen LogP) is 3.63. The molecular formula is C22H20N2O4S. The number of sulfonamides is 1. The Kier molecular flexibility index (Phi) is 4.76. The highest BCUT2D eigenvalue weighted by Gasteiger charge is 2.26. The van der Waals surface area contributed by atoms with E-state index in [1.165, 1.54) is 12.1 Å². The van der Waals surface area contributed by atoms with Gasteiger partial charge in [0.1, 0.15) is 5.75 Å². The summed E-state index contributed by atoms with van der Waals surface area (Å²) in [5.74, 6) is -0.349. The van der Waals surface area contributed by atoms with Crippen molar-refractivity contribution in [2.75, 3.05) is 22.4 Å². The molecule has 0 atom stereocenters. The molecule has 7 heteroatoms. The van der Waals surface area contributed by atoms with Gasteiger partial charge < -0.3 is 10.0 Å². The summed E-state index contributed by atoms with van der Waals surface area (Å²) in [6.45, 7) is 0.465. The number of hydrogen-bond acceptors (Lipinski definition) is 4. The number of phenolic OH excluding ortho intramolecular Hbond substituents is 1. The summed E-state index contributed by atoms with van der Waals surface area (Å²) in [7, 11) is -3.55. The average Bonchev–Trinajstić information content (AvgIpc) is 2.69. The van der Waals surface area contributed by atoms with E-state index < -0.39 is 10.0 Å². The van der Waals surface area contributed by atoms with Crippen molar-refractivity contribution in [3.8, 4) is 16.9 Å². The van der Waals surface area contributed by atoms with Gasteiger partial charge in [-0.3, -0.25) is 9.52 Å². The van der Waals surface area contributed by atoms with Crippen molar-refractivity contribution < 1.29 is 18.3 Å². The number of anilines is 2. The number of nitrogens with one attached hydrogen (secondary N) is 1. The van der Waals surface area contributed by atoms with E-state index >= 15 is 0 Å². The minimum atomic E-state index is -3.55. The van der Waals surface area contributed by atoms with Crippen molar-refractivity contribution in [2.45, 2.75) is 6.42 Å². The summed E-state index contributed by atoms with van der Waals surface area (Å²) >= 11 is 0. The quantitative estimate of drug-likeness (QED) is 0.646. The molecule has 0 bridgehead atoms. The monoisotopic (exact) mass is 408 g/mol. The highest BCUT2D eigenvalue weighted by Crippen LogP contribution is 2.33. The van der Waals surface area contributed by atoms with Crippen molar-refractivity contribution in [3.63, 3.8) is 0 Å². The van der Waals surface area contributed by atoms with Gasteiger partial charge in [-0.2, -0.15) is 0 Å². The lowest BCUT2D eigenvalue weighted by Crippen LogP contribution is -2.37. The van der Waals surface area contributed by atoms with Crippen molar-refractivity contribution in [3.05, 3.63) is 77.9 Å². The van der Waals surface area contributed by atoms with Crippen LogP contribution in [0.25, 0.3) is 11.1 Å². The highest BCUT2D eigenvalue weighted by atomic mass is 32.2. The Bertz CT molecular complexity index is 1190. The number of carbonyl (C=O) groups excluding carboxylic acids is 1. The molecule has 0 aromatic heterocycles. The molecule has 0 aliphatic carbocycles. The van der Waals surface area contributed by atoms with E-state index in [-0.39, 0.29) is 17.3 Å². The Balaban J connectivity index is 1.65. The zero-order valence-corrected chi connectivity index (χ0v) is 16.6. The van der Waals surface area contributed by atoms with E-state index in [0.717, 1.165) is 22.9 Å². The Hall–Kier alpha value is -3.32. The Labute approximate surface area is 169 Å². The van der Waals surface area contributed by atoms with Gasteiger partial charge in [-0.15, -0.1) is 0 Å². The summed E-state index contributed by atoms with van der Waals surface area (Å²) < 4.78 is 25.3. The van der Waals surface area contributed by atoms with E-state index in [1.54, 1.807) is 11.0 Å². The minimum Gasteiger partial charge on any atom is -0.506 e. The normalized spacial score (nSPS) is 13.8. The van der Waals surface area contributed by atoms with E-state index in [4.69, 9.17) is 0 Å². The van der Waals surface area contributed by atoms with Gasteiger partial charge in [-0.25, -0.2) is 8.42 Å². The number of rotatable bonds is 4. The van der Waals surface area contributed by atoms with Crippen LogP contribution in [-0.2, 0) is 16.4 Å². The van der Waals surface area contributed by atoms with Crippen LogP contribution in [0.2, 0.25) is 0 Å². The molecule has 1 aliphatic rings. The summed E-state index contributed by atoms with van der Waals surface area (Å²) in [4.78, 5) is 14.7. The van der Waals surface area contributed by atoms with Crippen molar-refractivity contribution in [2.24, 2.45) is 0 Å². The maximum Gasteiger partial charge on any atom is 0.258 e. The lowest BCUT2D eigenvalue weighted by molar-refractivity contribution is 0.0980. The van der Waals surface area contributed by atoms with Crippen LogP contribution in [0, 0.1) is 0 Å². The highest BCUT2D eigenvalue weighted by molar-refractivity contribution is 7.92.